The Morgan fingerprint density at radius 1 is 1.39 bits per heavy atom. The molecule has 0 unspecified atom stereocenters. The Kier molecular flexibility index (Phi) is 5.72. The third kappa shape index (κ3) is 4.08. The highest BCUT2D eigenvalue weighted by atomic mass is 32.2. The van der Waals surface area contributed by atoms with Gasteiger partial charge in [0.2, 0.25) is 0 Å². The van der Waals surface area contributed by atoms with Crippen LogP contribution in [0.5, 0.6) is 0 Å². The number of nitrogens with zero attached hydrogens (tertiary/aromatic N) is 1. The lowest BCUT2D eigenvalue weighted by molar-refractivity contribution is 0.104. The number of likely N-dealkylation sites (N-methyl/N-ethyl adjacent to an activating group) is 1. The fourth-order valence-electron chi connectivity index (χ4n) is 1.52. The summed E-state index contributed by atoms with van der Waals surface area (Å²) < 4.78 is 0. The summed E-state index contributed by atoms with van der Waals surface area (Å²) in [6.07, 6.45) is 5.47. The molecule has 0 heterocycles. The maximum absolute atomic E-state index is 12.1. The monoisotopic (exact) mass is 261 g/mol. The average Bonchev–Trinajstić information content (AvgIpc) is 2.36. The number of carbonyl (C=O) groups is 1. The molecule has 2 nitrogen and oxygen atoms in total. The molecule has 0 fully saturated rings. The quantitative estimate of drug-likeness (QED) is 0.444. The second-order valence-corrected chi connectivity index (χ2v) is 4.91. The lowest BCUT2D eigenvalue weighted by atomic mass is 10.1. The van der Waals surface area contributed by atoms with Crippen LogP contribution in [-0.4, -0.2) is 30.5 Å². The first kappa shape index (κ1) is 14.6. The van der Waals surface area contributed by atoms with Gasteiger partial charge in [0.25, 0.3) is 0 Å². The number of aryl methyl sites for hydroxylation is 1. The van der Waals surface area contributed by atoms with Crippen molar-refractivity contribution < 1.29 is 4.79 Å². The average molecular weight is 261 g/mol. The number of benzene rings is 1. The molecule has 0 saturated carbocycles. The maximum atomic E-state index is 12.1. The fraction of sp³-hybridized carbons (Fsp3) is 0.267. The van der Waals surface area contributed by atoms with Crippen molar-refractivity contribution in [1.29, 1.82) is 0 Å². The number of hydrogen-bond acceptors (Lipinski definition) is 3. The molecule has 0 aliphatic rings. The predicted octanol–water partition coefficient (Wildman–Crippen LogP) is 3.50. The fourth-order valence-corrected chi connectivity index (χ4v) is 2.13. The van der Waals surface area contributed by atoms with Gasteiger partial charge in [-0.3, -0.25) is 4.79 Å². The van der Waals surface area contributed by atoms with E-state index in [-0.39, 0.29) is 5.78 Å². The number of ketones is 1. The van der Waals surface area contributed by atoms with Gasteiger partial charge in [0.15, 0.2) is 5.78 Å². The zero-order valence-electron chi connectivity index (χ0n) is 11.1. The Labute approximate surface area is 113 Å². The third-order valence-corrected chi connectivity index (χ3v) is 3.43. The van der Waals surface area contributed by atoms with Gasteiger partial charge in [-0.1, -0.05) is 35.9 Å². The summed E-state index contributed by atoms with van der Waals surface area (Å²) in [6, 6.07) is 7.62. The second-order valence-electron chi connectivity index (χ2n) is 4.09. The molecule has 96 valence electrons. The minimum atomic E-state index is 0.0373. The van der Waals surface area contributed by atoms with Gasteiger partial charge in [0.05, 0.1) is 5.03 Å². The van der Waals surface area contributed by atoms with Crippen molar-refractivity contribution in [3.63, 3.8) is 0 Å². The van der Waals surface area contributed by atoms with E-state index >= 15 is 0 Å². The van der Waals surface area contributed by atoms with E-state index in [2.05, 4.69) is 6.58 Å². The summed E-state index contributed by atoms with van der Waals surface area (Å²) in [6.45, 7) is 6.44. The summed E-state index contributed by atoms with van der Waals surface area (Å²) in [4.78, 5) is 14.1. The Balaban J connectivity index is 2.88. The molecule has 1 aromatic rings. The SMILES string of the molecule is C=CCN(C)/C(=C/C(=O)c1ccc(C)cc1)SC. The summed E-state index contributed by atoms with van der Waals surface area (Å²) in [5.41, 5.74) is 1.88. The van der Waals surface area contributed by atoms with Crippen molar-refractivity contribution in [3.8, 4) is 0 Å². The Bertz CT molecular complexity index is 448. The second kappa shape index (κ2) is 7.07. The van der Waals surface area contributed by atoms with Crippen LogP contribution in [0.25, 0.3) is 0 Å². The van der Waals surface area contributed by atoms with Crippen LogP contribution in [-0.2, 0) is 0 Å². The van der Waals surface area contributed by atoms with Crippen molar-refractivity contribution in [1.82, 2.24) is 4.90 Å². The number of rotatable bonds is 6. The van der Waals surface area contributed by atoms with Crippen molar-refractivity contribution in [3.05, 3.63) is 59.2 Å². The minimum Gasteiger partial charge on any atom is -0.366 e. The number of allylic oxidation sites excluding steroid dienone is 1. The highest BCUT2D eigenvalue weighted by molar-refractivity contribution is 8.02. The Hall–Kier alpha value is -1.48. The maximum Gasteiger partial charge on any atom is 0.188 e. The molecule has 0 aliphatic carbocycles. The molecule has 0 spiro atoms. The van der Waals surface area contributed by atoms with Crippen LogP contribution in [0.15, 0.2) is 48.0 Å². The van der Waals surface area contributed by atoms with Gasteiger partial charge >= 0.3 is 0 Å². The zero-order chi connectivity index (χ0) is 13.5. The van der Waals surface area contributed by atoms with Crippen molar-refractivity contribution in [2.45, 2.75) is 6.92 Å². The smallest absolute Gasteiger partial charge is 0.188 e. The van der Waals surface area contributed by atoms with Crippen LogP contribution in [0.4, 0.5) is 0 Å². The molecule has 0 radical (unpaired) electrons. The van der Waals surface area contributed by atoms with Crippen molar-refractivity contribution in [2.24, 2.45) is 0 Å². The first-order chi connectivity index (χ1) is 8.58. The van der Waals surface area contributed by atoms with Gasteiger partial charge in [0.1, 0.15) is 0 Å². The van der Waals surface area contributed by atoms with Gasteiger partial charge in [-0.2, -0.15) is 0 Å². The summed E-state index contributed by atoms with van der Waals surface area (Å²) in [7, 11) is 1.95. The molecule has 1 aromatic carbocycles. The molecule has 0 bridgehead atoms. The van der Waals surface area contributed by atoms with E-state index in [1.165, 1.54) is 0 Å². The van der Waals surface area contributed by atoms with E-state index in [0.717, 1.165) is 22.7 Å². The van der Waals surface area contributed by atoms with Crippen molar-refractivity contribution >= 4 is 17.5 Å². The van der Waals surface area contributed by atoms with E-state index < -0.39 is 0 Å². The molecular formula is C15H19NOS. The molecule has 18 heavy (non-hydrogen) atoms. The Morgan fingerprint density at radius 2 is 2.00 bits per heavy atom. The lowest BCUT2D eigenvalue weighted by Gasteiger charge is -2.18. The third-order valence-electron chi connectivity index (χ3n) is 2.58. The first-order valence-corrected chi connectivity index (χ1v) is 6.99. The minimum absolute atomic E-state index is 0.0373. The van der Waals surface area contributed by atoms with E-state index in [4.69, 9.17) is 0 Å². The zero-order valence-corrected chi connectivity index (χ0v) is 12.0. The molecule has 1 rings (SSSR count). The lowest BCUT2D eigenvalue weighted by Crippen LogP contribution is -2.16. The van der Waals surface area contributed by atoms with Gasteiger partial charge in [0, 0.05) is 25.2 Å². The molecule has 0 atom stereocenters. The van der Waals surface area contributed by atoms with Crippen LogP contribution in [0.1, 0.15) is 15.9 Å². The first-order valence-electron chi connectivity index (χ1n) is 5.77. The van der Waals surface area contributed by atoms with Gasteiger partial charge in [-0.05, 0) is 13.2 Å². The molecule has 0 amide bonds. The van der Waals surface area contributed by atoms with E-state index in [9.17, 15) is 4.79 Å². The molecule has 0 aromatic heterocycles. The number of carbonyl (C=O) groups excluding carboxylic acids is 1. The van der Waals surface area contributed by atoms with Crippen LogP contribution in [0.2, 0.25) is 0 Å². The van der Waals surface area contributed by atoms with Gasteiger partial charge < -0.3 is 4.90 Å². The van der Waals surface area contributed by atoms with Crippen LogP contribution < -0.4 is 0 Å². The van der Waals surface area contributed by atoms with E-state index in [1.54, 1.807) is 17.8 Å². The standard InChI is InChI=1S/C15H19NOS/c1-5-10-16(3)15(18-4)11-14(17)13-8-6-12(2)7-9-13/h5-9,11H,1,10H2,2-4H3/b15-11-. The molecular weight excluding hydrogens is 242 g/mol. The topological polar surface area (TPSA) is 20.3 Å². The molecule has 3 heteroatoms. The molecule has 0 saturated heterocycles. The largest absolute Gasteiger partial charge is 0.366 e. The van der Waals surface area contributed by atoms with Crippen molar-refractivity contribution in [2.75, 3.05) is 19.8 Å². The summed E-state index contributed by atoms with van der Waals surface area (Å²) in [5.74, 6) is 0.0373. The van der Waals surface area contributed by atoms with Gasteiger partial charge in [-0.25, -0.2) is 0 Å². The normalized spacial score (nSPS) is 11.2. The molecule has 0 N–H and O–H groups in total. The predicted molar refractivity (Wildman–Crippen MR) is 79.9 cm³/mol. The molecule has 0 aliphatic heterocycles. The summed E-state index contributed by atoms with van der Waals surface area (Å²) >= 11 is 1.56. The van der Waals surface area contributed by atoms with E-state index in [0.29, 0.717) is 0 Å². The highest BCUT2D eigenvalue weighted by Gasteiger charge is 2.07. The number of thioether (sulfide) groups is 1. The highest BCUT2D eigenvalue weighted by Crippen LogP contribution is 2.17. The Morgan fingerprint density at radius 3 is 2.50 bits per heavy atom. The number of hydrogen-bond donors (Lipinski definition) is 0. The summed E-state index contributed by atoms with van der Waals surface area (Å²) in [5, 5.41) is 0.945. The van der Waals surface area contributed by atoms with Crippen LogP contribution in [0, 0.1) is 6.92 Å². The van der Waals surface area contributed by atoms with Gasteiger partial charge in [-0.15, -0.1) is 18.3 Å². The van der Waals surface area contributed by atoms with E-state index in [1.807, 2.05) is 55.5 Å². The van der Waals surface area contributed by atoms with Crippen LogP contribution in [0.3, 0.4) is 0 Å². The van der Waals surface area contributed by atoms with Crippen LogP contribution >= 0.6 is 11.8 Å².